The minimum atomic E-state index is -3.84. The van der Waals surface area contributed by atoms with Crippen molar-refractivity contribution in [3.8, 4) is 0 Å². The van der Waals surface area contributed by atoms with Gasteiger partial charge in [-0.3, -0.25) is 4.79 Å². The number of amides is 1. The molecule has 2 aromatic carbocycles. The Morgan fingerprint density at radius 1 is 1.10 bits per heavy atom. The number of benzene rings is 2. The maximum absolute atomic E-state index is 14.3. The van der Waals surface area contributed by atoms with Crippen molar-refractivity contribution in [1.29, 1.82) is 0 Å². The SMILES string of the molecule is CCc1ccc(NC(=O)c2cc(S(=O)(=O)NC3CCCCC3C)ccc2F)cc1. The lowest BCUT2D eigenvalue weighted by Gasteiger charge is -2.29. The summed E-state index contributed by atoms with van der Waals surface area (Å²) in [6.45, 7) is 4.05. The Morgan fingerprint density at radius 3 is 2.45 bits per heavy atom. The van der Waals surface area contributed by atoms with E-state index in [4.69, 9.17) is 0 Å². The van der Waals surface area contributed by atoms with Gasteiger partial charge in [0.25, 0.3) is 5.91 Å². The van der Waals surface area contributed by atoms with Crippen LogP contribution in [-0.2, 0) is 16.4 Å². The first-order valence-electron chi connectivity index (χ1n) is 10.0. The van der Waals surface area contributed by atoms with E-state index in [9.17, 15) is 17.6 Å². The van der Waals surface area contributed by atoms with Crippen LogP contribution in [0.5, 0.6) is 0 Å². The highest BCUT2D eigenvalue weighted by molar-refractivity contribution is 7.89. The van der Waals surface area contributed by atoms with Crippen molar-refractivity contribution in [2.45, 2.75) is 56.9 Å². The molecule has 1 aliphatic rings. The van der Waals surface area contributed by atoms with E-state index in [0.717, 1.165) is 49.8 Å². The molecule has 1 amide bonds. The Balaban J connectivity index is 1.79. The van der Waals surface area contributed by atoms with Crippen LogP contribution in [0, 0.1) is 11.7 Å². The second kappa shape index (κ2) is 9.05. The van der Waals surface area contributed by atoms with Gasteiger partial charge in [0.05, 0.1) is 10.5 Å². The minimum Gasteiger partial charge on any atom is -0.322 e. The number of sulfonamides is 1. The number of hydrogen-bond donors (Lipinski definition) is 2. The van der Waals surface area contributed by atoms with E-state index in [1.54, 1.807) is 12.1 Å². The van der Waals surface area contributed by atoms with Crippen molar-refractivity contribution in [2.75, 3.05) is 5.32 Å². The fourth-order valence-electron chi connectivity index (χ4n) is 3.63. The molecule has 2 N–H and O–H groups in total. The largest absolute Gasteiger partial charge is 0.322 e. The zero-order valence-corrected chi connectivity index (χ0v) is 17.6. The van der Waals surface area contributed by atoms with Crippen molar-refractivity contribution in [3.05, 3.63) is 59.4 Å². The quantitative estimate of drug-likeness (QED) is 0.725. The molecule has 29 heavy (non-hydrogen) atoms. The normalized spacial score (nSPS) is 19.7. The van der Waals surface area contributed by atoms with Crippen molar-refractivity contribution in [2.24, 2.45) is 5.92 Å². The number of aryl methyl sites for hydroxylation is 1. The molecule has 1 fully saturated rings. The van der Waals surface area contributed by atoms with Crippen LogP contribution < -0.4 is 10.0 Å². The highest BCUT2D eigenvalue weighted by Gasteiger charge is 2.27. The Labute approximate surface area is 171 Å². The van der Waals surface area contributed by atoms with Gasteiger partial charge in [-0.05, 0) is 61.1 Å². The molecular weight excluding hydrogens is 391 g/mol. The molecule has 156 valence electrons. The van der Waals surface area contributed by atoms with Gasteiger partial charge in [-0.25, -0.2) is 17.5 Å². The third-order valence-electron chi connectivity index (χ3n) is 5.53. The monoisotopic (exact) mass is 418 g/mol. The van der Waals surface area contributed by atoms with E-state index in [-0.39, 0.29) is 22.4 Å². The molecule has 0 aromatic heterocycles. The molecule has 1 aliphatic carbocycles. The fraction of sp³-hybridized carbons (Fsp3) is 0.409. The topological polar surface area (TPSA) is 75.3 Å². The summed E-state index contributed by atoms with van der Waals surface area (Å²) >= 11 is 0. The Hall–Kier alpha value is -2.25. The Kier molecular flexibility index (Phi) is 6.70. The first-order chi connectivity index (χ1) is 13.8. The van der Waals surface area contributed by atoms with Crippen LogP contribution in [-0.4, -0.2) is 20.4 Å². The Bertz CT molecular complexity index is 974. The molecule has 0 radical (unpaired) electrons. The van der Waals surface area contributed by atoms with Crippen molar-refractivity contribution >= 4 is 21.6 Å². The zero-order valence-electron chi connectivity index (χ0n) is 16.7. The van der Waals surface area contributed by atoms with E-state index in [0.29, 0.717) is 5.69 Å². The van der Waals surface area contributed by atoms with Crippen LogP contribution in [0.15, 0.2) is 47.4 Å². The summed E-state index contributed by atoms with van der Waals surface area (Å²) in [4.78, 5) is 12.4. The average molecular weight is 419 g/mol. The number of nitrogens with one attached hydrogen (secondary N) is 2. The smallest absolute Gasteiger partial charge is 0.258 e. The number of carbonyl (C=O) groups is 1. The van der Waals surface area contributed by atoms with E-state index in [2.05, 4.69) is 10.0 Å². The summed E-state index contributed by atoms with van der Waals surface area (Å²) in [6, 6.07) is 10.4. The molecule has 7 heteroatoms. The van der Waals surface area contributed by atoms with E-state index < -0.39 is 21.7 Å². The molecule has 0 spiro atoms. The third kappa shape index (κ3) is 5.22. The van der Waals surface area contributed by atoms with Gasteiger partial charge in [-0.1, -0.05) is 38.8 Å². The third-order valence-corrected chi connectivity index (χ3v) is 7.02. The number of hydrogen-bond acceptors (Lipinski definition) is 3. The standard InChI is InChI=1S/C22H27FN2O3S/c1-3-16-8-10-17(11-9-16)24-22(26)19-14-18(12-13-20(19)23)29(27,28)25-21-7-5-4-6-15(21)2/h8-15,21,25H,3-7H2,1-2H3,(H,24,26). The van der Waals surface area contributed by atoms with Gasteiger partial charge in [0.1, 0.15) is 5.82 Å². The lowest BCUT2D eigenvalue weighted by molar-refractivity contribution is 0.102. The molecule has 0 bridgehead atoms. The minimum absolute atomic E-state index is 0.108. The van der Waals surface area contributed by atoms with Crippen LogP contribution in [0.25, 0.3) is 0 Å². The molecule has 0 aliphatic heterocycles. The summed E-state index contributed by atoms with van der Waals surface area (Å²) in [7, 11) is -3.84. The lowest BCUT2D eigenvalue weighted by Crippen LogP contribution is -2.41. The van der Waals surface area contributed by atoms with Crippen LogP contribution >= 0.6 is 0 Å². The fourth-order valence-corrected chi connectivity index (χ4v) is 5.03. The maximum atomic E-state index is 14.3. The summed E-state index contributed by atoms with van der Waals surface area (Å²) in [6.07, 6.45) is 4.70. The second-order valence-electron chi connectivity index (χ2n) is 7.64. The van der Waals surface area contributed by atoms with Gasteiger partial charge in [0, 0.05) is 11.7 Å². The van der Waals surface area contributed by atoms with Gasteiger partial charge < -0.3 is 5.32 Å². The van der Waals surface area contributed by atoms with Crippen molar-refractivity contribution < 1.29 is 17.6 Å². The summed E-state index contributed by atoms with van der Waals surface area (Å²) in [5, 5.41) is 2.62. The number of anilines is 1. The molecule has 1 saturated carbocycles. The Morgan fingerprint density at radius 2 is 1.79 bits per heavy atom. The van der Waals surface area contributed by atoms with Gasteiger partial charge in [-0.2, -0.15) is 0 Å². The van der Waals surface area contributed by atoms with E-state index in [1.807, 2.05) is 26.0 Å². The molecule has 2 unspecified atom stereocenters. The highest BCUT2D eigenvalue weighted by atomic mass is 32.2. The van der Waals surface area contributed by atoms with Gasteiger partial charge in [0.2, 0.25) is 10.0 Å². The predicted molar refractivity (Wildman–Crippen MR) is 112 cm³/mol. The van der Waals surface area contributed by atoms with Crippen LogP contribution in [0.3, 0.4) is 0 Å². The first kappa shape index (κ1) is 21.5. The molecular formula is C22H27FN2O3S. The second-order valence-corrected chi connectivity index (χ2v) is 9.35. The van der Waals surface area contributed by atoms with Gasteiger partial charge in [0.15, 0.2) is 0 Å². The molecule has 5 nitrogen and oxygen atoms in total. The predicted octanol–water partition coefficient (Wildman–Crippen LogP) is 4.50. The zero-order chi connectivity index (χ0) is 21.0. The van der Waals surface area contributed by atoms with Crippen LogP contribution in [0.1, 0.15) is 55.5 Å². The number of carbonyl (C=O) groups excluding carboxylic acids is 1. The van der Waals surface area contributed by atoms with Crippen LogP contribution in [0.2, 0.25) is 0 Å². The summed E-state index contributed by atoms with van der Waals surface area (Å²) < 4.78 is 42.6. The maximum Gasteiger partial charge on any atom is 0.258 e. The molecule has 0 saturated heterocycles. The highest BCUT2D eigenvalue weighted by Crippen LogP contribution is 2.26. The molecule has 2 atom stereocenters. The summed E-state index contributed by atoms with van der Waals surface area (Å²) in [5.41, 5.74) is 1.34. The molecule has 3 rings (SSSR count). The van der Waals surface area contributed by atoms with E-state index in [1.165, 1.54) is 6.07 Å². The molecule has 2 aromatic rings. The average Bonchev–Trinajstić information content (AvgIpc) is 2.70. The number of rotatable bonds is 6. The number of halogens is 1. The summed E-state index contributed by atoms with van der Waals surface area (Å²) in [5.74, 6) is -1.21. The van der Waals surface area contributed by atoms with E-state index >= 15 is 0 Å². The van der Waals surface area contributed by atoms with Gasteiger partial charge in [-0.15, -0.1) is 0 Å². The van der Waals surface area contributed by atoms with Gasteiger partial charge >= 0.3 is 0 Å². The molecule has 0 heterocycles. The van der Waals surface area contributed by atoms with Crippen molar-refractivity contribution in [1.82, 2.24) is 4.72 Å². The van der Waals surface area contributed by atoms with Crippen LogP contribution in [0.4, 0.5) is 10.1 Å². The van der Waals surface area contributed by atoms with Crippen molar-refractivity contribution in [3.63, 3.8) is 0 Å². The first-order valence-corrected chi connectivity index (χ1v) is 11.5. The lowest BCUT2D eigenvalue weighted by atomic mass is 9.87.